The fourth-order valence-electron chi connectivity index (χ4n) is 4.67. The minimum Gasteiger partial charge on any atom is -0.390 e. The first-order valence-electron chi connectivity index (χ1n) is 14.5. The number of ether oxygens (including phenoxy) is 3. The van der Waals surface area contributed by atoms with Crippen molar-refractivity contribution in [3.8, 4) is 0 Å². The van der Waals surface area contributed by atoms with Gasteiger partial charge in [-0.2, -0.15) is 4.39 Å². The third-order valence-electron chi connectivity index (χ3n) is 6.94. The topological polar surface area (TPSA) is 103 Å². The van der Waals surface area contributed by atoms with Gasteiger partial charge in [-0.1, -0.05) is 90.4 Å². The van der Waals surface area contributed by atoms with Crippen LogP contribution in [0.5, 0.6) is 0 Å². The zero-order valence-electron chi connectivity index (χ0n) is 22.8. The number of nitrogens with zero attached hydrogens (tertiary/aromatic N) is 1. The fourth-order valence-corrected chi connectivity index (χ4v) is 4.67. The molecule has 0 unspecified atom stereocenters. The molecule has 1 aromatic heterocycles. The maximum absolute atomic E-state index is 13.5. The monoisotopic (exact) mass is 528 g/mol. The Morgan fingerprint density at radius 3 is 2.05 bits per heavy atom. The summed E-state index contributed by atoms with van der Waals surface area (Å²) < 4.78 is 31.4. The number of aliphatic hydroxyl groups is 1. The van der Waals surface area contributed by atoms with Crippen LogP contribution in [-0.2, 0) is 14.2 Å². The SMILES string of the molecule is CCCCCCCCCCCCCCCCOCCCOC[C@H]1O[C@@H](n2cc(F)c(=O)[nH]c2=O)C[C@@H]1O. The lowest BCUT2D eigenvalue weighted by Crippen LogP contribution is -2.34. The molecule has 2 heterocycles. The molecule has 3 atom stereocenters. The molecule has 1 fully saturated rings. The lowest BCUT2D eigenvalue weighted by molar-refractivity contribution is -0.0655. The molecule has 0 bridgehead atoms. The lowest BCUT2D eigenvalue weighted by Gasteiger charge is -2.16. The fraction of sp³-hybridized carbons (Fsp3) is 0.857. The van der Waals surface area contributed by atoms with Gasteiger partial charge in [0.2, 0.25) is 5.82 Å². The van der Waals surface area contributed by atoms with Gasteiger partial charge >= 0.3 is 5.69 Å². The van der Waals surface area contributed by atoms with Gasteiger partial charge in [-0.05, 0) is 12.8 Å². The van der Waals surface area contributed by atoms with Crippen molar-refractivity contribution in [3.63, 3.8) is 0 Å². The van der Waals surface area contributed by atoms with Crippen molar-refractivity contribution in [2.45, 2.75) is 128 Å². The zero-order valence-corrected chi connectivity index (χ0v) is 22.8. The summed E-state index contributed by atoms with van der Waals surface area (Å²) in [6, 6.07) is 0. The van der Waals surface area contributed by atoms with E-state index in [0.717, 1.165) is 30.2 Å². The van der Waals surface area contributed by atoms with E-state index in [9.17, 15) is 19.1 Å². The van der Waals surface area contributed by atoms with Gasteiger partial charge in [0.05, 0.1) is 18.9 Å². The summed E-state index contributed by atoms with van der Waals surface area (Å²) in [5.41, 5.74) is -1.85. The van der Waals surface area contributed by atoms with Crippen LogP contribution in [0.3, 0.4) is 0 Å². The Hall–Kier alpha value is -1.55. The van der Waals surface area contributed by atoms with Gasteiger partial charge in [0.1, 0.15) is 12.3 Å². The summed E-state index contributed by atoms with van der Waals surface area (Å²) in [4.78, 5) is 24.9. The Kier molecular flexibility index (Phi) is 16.7. The van der Waals surface area contributed by atoms with Crippen molar-refractivity contribution in [2.24, 2.45) is 0 Å². The number of hydrogen-bond donors (Lipinski definition) is 2. The Balaban J connectivity index is 1.36. The summed E-state index contributed by atoms with van der Waals surface area (Å²) in [5, 5.41) is 10.2. The van der Waals surface area contributed by atoms with Gasteiger partial charge in [-0.3, -0.25) is 14.3 Å². The number of aromatic amines is 1. The minimum atomic E-state index is -1.08. The van der Waals surface area contributed by atoms with Gasteiger partial charge in [0.15, 0.2) is 0 Å². The van der Waals surface area contributed by atoms with E-state index in [4.69, 9.17) is 14.2 Å². The van der Waals surface area contributed by atoms with E-state index in [-0.39, 0.29) is 13.0 Å². The third-order valence-corrected chi connectivity index (χ3v) is 6.94. The highest BCUT2D eigenvalue weighted by Crippen LogP contribution is 2.27. The molecule has 1 saturated heterocycles. The smallest absolute Gasteiger partial charge is 0.330 e. The molecule has 1 aliphatic rings. The van der Waals surface area contributed by atoms with Crippen LogP contribution >= 0.6 is 0 Å². The van der Waals surface area contributed by atoms with E-state index in [1.54, 1.807) is 0 Å². The summed E-state index contributed by atoms with van der Waals surface area (Å²) >= 11 is 0. The second-order valence-corrected chi connectivity index (χ2v) is 10.2. The molecule has 0 radical (unpaired) electrons. The van der Waals surface area contributed by atoms with Gasteiger partial charge in [0, 0.05) is 26.2 Å². The maximum Gasteiger partial charge on any atom is 0.330 e. The number of aromatic nitrogens is 2. The predicted octanol–water partition coefficient (Wildman–Crippen LogP) is 5.23. The Bertz CT molecular complexity index is 830. The van der Waals surface area contributed by atoms with Crippen molar-refractivity contribution in [3.05, 3.63) is 32.9 Å². The molecule has 1 aromatic rings. The number of unbranched alkanes of at least 4 members (excludes halogenated alkanes) is 13. The van der Waals surface area contributed by atoms with Crippen LogP contribution in [0, 0.1) is 5.82 Å². The highest BCUT2D eigenvalue weighted by molar-refractivity contribution is 4.91. The summed E-state index contributed by atoms with van der Waals surface area (Å²) in [6.45, 7) is 4.30. The van der Waals surface area contributed by atoms with E-state index in [2.05, 4.69) is 6.92 Å². The van der Waals surface area contributed by atoms with E-state index in [1.807, 2.05) is 4.98 Å². The average molecular weight is 529 g/mol. The largest absolute Gasteiger partial charge is 0.390 e. The Labute approximate surface area is 220 Å². The predicted molar refractivity (Wildman–Crippen MR) is 142 cm³/mol. The third kappa shape index (κ3) is 13.2. The minimum absolute atomic E-state index is 0.113. The standard InChI is InChI=1S/C28H49FN2O6/c1-2-3-4-5-6-7-8-9-10-11-12-13-14-15-17-35-18-16-19-36-22-25-24(32)20-26(37-25)31-21-23(29)27(33)30-28(31)34/h21,24-26,32H,2-20,22H2,1H3,(H,30,33,34)/t24-,25+,26+/m0/s1. The van der Waals surface area contributed by atoms with Gasteiger partial charge in [-0.25, -0.2) is 4.79 Å². The van der Waals surface area contributed by atoms with Crippen LogP contribution in [0.4, 0.5) is 4.39 Å². The summed E-state index contributed by atoms with van der Waals surface area (Å²) in [5.74, 6) is -1.08. The quantitative estimate of drug-likeness (QED) is 0.200. The Morgan fingerprint density at radius 1 is 0.892 bits per heavy atom. The molecule has 0 spiro atoms. The first-order chi connectivity index (χ1) is 18.0. The maximum atomic E-state index is 13.5. The number of aliphatic hydroxyl groups excluding tert-OH is 1. The van der Waals surface area contributed by atoms with Crippen molar-refractivity contribution in [2.75, 3.05) is 26.4 Å². The summed E-state index contributed by atoms with van der Waals surface area (Å²) in [7, 11) is 0. The molecule has 37 heavy (non-hydrogen) atoms. The molecular formula is C28H49FN2O6. The van der Waals surface area contributed by atoms with Crippen molar-refractivity contribution in [1.82, 2.24) is 9.55 Å². The van der Waals surface area contributed by atoms with Crippen molar-refractivity contribution in [1.29, 1.82) is 0 Å². The molecule has 8 nitrogen and oxygen atoms in total. The molecule has 1 aliphatic heterocycles. The number of H-pyrrole nitrogens is 1. The molecule has 2 rings (SSSR count). The van der Waals surface area contributed by atoms with Gasteiger partial charge in [-0.15, -0.1) is 0 Å². The van der Waals surface area contributed by atoms with Crippen LogP contribution in [-0.4, -0.2) is 53.3 Å². The number of rotatable bonds is 22. The van der Waals surface area contributed by atoms with Crippen molar-refractivity contribution < 1.29 is 23.7 Å². The highest BCUT2D eigenvalue weighted by atomic mass is 19.1. The van der Waals surface area contributed by atoms with Gasteiger partial charge in [0.25, 0.3) is 5.56 Å². The number of nitrogens with one attached hydrogen (secondary N) is 1. The van der Waals surface area contributed by atoms with E-state index in [1.165, 1.54) is 83.5 Å². The second-order valence-electron chi connectivity index (χ2n) is 10.2. The molecule has 0 amide bonds. The Morgan fingerprint density at radius 2 is 1.43 bits per heavy atom. The van der Waals surface area contributed by atoms with Gasteiger partial charge < -0.3 is 19.3 Å². The second kappa shape index (κ2) is 19.5. The molecular weight excluding hydrogens is 479 g/mol. The van der Waals surface area contributed by atoms with Crippen LogP contribution in [0.2, 0.25) is 0 Å². The number of hydrogen-bond acceptors (Lipinski definition) is 6. The molecule has 0 aliphatic carbocycles. The van der Waals surface area contributed by atoms with Crippen LogP contribution in [0.1, 0.15) is 116 Å². The average Bonchev–Trinajstić information content (AvgIpc) is 3.25. The molecule has 9 heteroatoms. The highest BCUT2D eigenvalue weighted by Gasteiger charge is 2.35. The molecule has 0 aromatic carbocycles. The first kappa shape index (κ1) is 31.7. The summed E-state index contributed by atoms with van der Waals surface area (Å²) in [6.07, 6.45) is 18.1. The normalized spacial score (nSPS) is 19.6. The molecule has 0 saturated carbocycles. The van der Waals surface area contributed by atoms with Crippen LogP contribution < -0.4 is 11.2 Å². The van der Waals surface area contributed by atoms with Crippen LogP contribution in [0.25, 0.3) is 0 Å². The van der Waals surface area contributed by atoms with Crippen molar-refractivity contribution >= 4 is 0 Å². The first-order valence-corrected chi connectivity index (χ1v) is 14.5. The van der Waals surface area contributed by atoms with Crippen LogP contribution in [0.15, 0.2) is 15.8 Å². The van der Waals surface area contributed by atoms with E-state index < -0.39 is 35.5 Å². The molecule has 214 valence electrons. The molecule has 2 N–H and O–H groups in total. The van der Waals surface area contributed by atoms with E-state index >= 15 is 0 Å². The lowest BCUT2D eigenvalue weighted by atomic mass is 10.0. The number of halogens is 1. The zero-order chi connectivity index (χ0) is 26.7. The van der Waals surface area contributed by atoms with E-state index in [0.29, 0.717) is 13.2 Å².